The van der Waals surface area contributed by atoms with Crippen LogP contribution in [0.4, 0.5) is 11.4 Å². The van der Waals surface area contributed by atoms with Gasteiger partial charge in [-0.3, -0.25) is 14.0 Å². The predicted molar refractivity (Wildman–Crippen MR) is 122 cm³/mol. The van der Waals surface area contributed by atoms with E-state index in [0.29, 0.717) is 0 Å². The Bertz CT molecular complexity index is 1340. The van der Waals surface area contributed by atoms with Gasteiger partial charge in [-0.15, -0.1) is 0 Å². The third kappa shape index (κ3) is 5.20. The summed E-state index contributed by atoms with van der Waals surface area (Å²) in [6, 6.07) is 19.1. The van der Waals surface area contributed by atoms with Crippen molar-refractivity contribution in [3.8, 4) is 0 Å². The molecule has 0 aromatic heterocycles. The first-order valence-electron chi connectivity index (χ1n) is 9.13. The quantitative estimate of drug-likeness (QED) is 0.435. The standard InChI is InChI=1S/C20H21N2O7PS2/c1-28-30(23,29-2)20-15-16(21-31(24,25)17-9-5-3-6-10-17)13-14-19(20)22-32(26,27)18-11-7-4-8-12-18/h3-15,21-22H,1-2H3. The second kappa shape index (κ2) is 9.43. The molecule has 0 radical (unpaired) electrons. The van der Waals surface area contributed by atoms with Crippen molar-refractivity contribution in [1.29, 1.82) is 0 Å². The Morgan fingerprint density at radius 3 is 1.62 bits per heavy atom. The van der Waals surface area contributed by atoms with Crippen molar-refractivity contribution < 1.29 is 30.4 Å². The number of hydrogen-bond acceptors (Lipinski definition) is 7. The average Bonchev–Trinajstić information content (AvgIpc) is 2.80. The Hall–Kier alpha value is -2.69. The molecule has 12 heteroatoms. The summed E-state index contributed by atoms with van der Waals surface area (Å²) < 4.78 is 78.7. The minimum Gasteiger partial charge on any atom is -0.309 e. The van der Waals surface area contributed by atoms with Crippen molar-refractivity contribution in [3.05, 3.63) is 78.9 Å². The first-order chi connectivity index (χ1) is 15.1. The normalized spacial score (nSPS) is 12.3. The summed E-state index contributed by atoms with van der Waals surface area (Å²) in [7, 11) is -9.66. The van der Waals surface area contributed by atoms with Gasteiger partial charge in [-0.05, 0) is 42.5 Å². The minimum atomic E-state index is -4.02. The lowest BCUT2D eigenvalue weighted by atomic mass is 10.3. The maximum Gasteiger partial charge on any atom is 0.362 e. The van der Waals surface area contributed by atoms with E-state index in [1.807, 2.05) is 0 Å². The van der Waals surface area contributed by atoms with Crippen LogP contribution in [-0.2, 0) is 33.7 Å². The third-order valence-electron chi connectivity index (χ3n) is 4.38. The Balaban J connectivity index is 2.05. The van der Waals surface area contributed by atoms with Crippen LogP contribution in [-0.4, -0.2) is 31.1 Å². The molecule has 32 heavy (non-hydrogen) atoms. The molecule has 0 saturated carbocycles. The zero-order chi connectivity index (χ0) is 23.4. The van der Waals surface area contributed by atoms with Gasteiger partial charge in [0.15, 0.2) is 0 Å². The highest BCUT2D eigenvalue weighted by Gasteiger charge is 2.31. The van der Waals surface area contributed by atoms with E-state index in [0.717, 1.165) is 14.2 Å². The highest BCUT2D eigenvalue weighted by atomic mass is 32.2. The van der Waals surface area contributed by atoms with Crippen LogP contribution in [0.3, 0.4) is 0 Å². The van der Waals surface area contributed by atoms with Crippen molar-refractivity contribution >= 4 is 44.3 Å². The number of benzene rings is 3. The molecule has 3 aromatic carbocycles. The second-order valence-corrected chi connectivity index (χ2v) is 12.0. The zero-order valence-corrected chi connectivity index (χ0v) is 19.7. The minimum absolute atomic E-state index is 0.00975. The Kier molecular flexibility index (Phi) is 7.06. The van der Waals surface area contributed by atoms with Crippen LogP contribution in [0.1, 0.15) is 0 Å². The van der Waals surface area contributed by atoms with Crippen LogP contribution < -0.4 is 14.7 Å². The Morgan fingerprint density at radius 1 is 0.688 bits per heavy atom. The van der Waals surface area contributed by atoms with E-state index in [-0.39, 0.29) is 26.5 Å². The van der Waals surface area contributed by atoms with Crippen LogP contribution in [0, 0.1) is 0 Å². The average molecular weight is 497 g/mol. The summed E-state index contributed by atoms with van der Waals surface area (Å²) in [6.07, 6.45) is 0. The summed E-state index contributed by atoms with van der Waals surface area (Å²) in [5.41, 5.74) is -0.0376. The fourth-order valence-corrected chi connectivity index (χ4v) is 6.31. The molecule has 0 amide bonds. The highest BCUT2D eigenvalue weighted by Crippen LogP contribution is 2.48. The Morgan fingerprint density at radius 2 is 1.16 bits per heavy atom. The smallest absolute Gasteiger partial charge is 0.309 e. The van der Waals surface area contributed by atoms with Crippen molar-refractivity contribution in [2.45, 2.75) is 9.79 Å². The molecule has 0 heterocycles. The van der Waals surface area contributed by atoms with Gasteiger partial charge in [0.25, 0.3) is 20.0 Å². The van der Waals surface area contributed by atoms with E-state index in [1.54, 1.807) is 36.4 Å². The first kappa shape index (κ1) is 24.0. The van der Waals surface area contributed by atoms with Crippen molar-refractivity contribution in [3.63, 3.8) is 0 Å². The molecule has 0 aliphatic rings. The van der Waals surface area contributed by atoms with Crippen LogP contribution in [0.2, 0.25) is 0 Å². The second-order valence-electron chi connectivity index (χ2n) is 6.43. The van der Waals surface area contributed by atoms with Gasteiger partial charge in [-0.1, -0.05) is 36.4 Å². The number of hydrogen-bond donors (Lipinski definition) is 2. The van der Waals surface area contributed by atoms with Crippen molar-refractivity contribution in [2.24, 2.45) is 0 Å². The van der Waals surface area contributed by atoms with E-state index < -0.39 is 27.6 Å². The van der Waals surface area contributed by atoms with Crippen molar-refractivity contribution in [1.82, 2.24) is 0 Å². The first-order valence-corrected chi connectivity index (χ1v) is 13.6. The molecule has 0 atom stereocenters. The van der Waals surface area contributed by atoms with Gasteiger partial charge in [0.05, 0.1) is 20.8 Å². The van der Waals surface area contributed by atoms with Gasteiger partial charge in [-0.2, -0.15) is 0 Å². The van der Waals surface area contributed by atoms with Crippen LogP contribution in [0.5, 0.6) is 0 Å². The zero-order valence-electron chi connectivity index (χ0n) is 17.1. The molecule has 0 aliphatic carbocycles. The van der Waals surface area contributed by atoms with Crippen LogP contribution in [0.15, 0.2) is 88.7 Å². The lowest BCUT2D eigenvalue weighted by molar-refractivity contribution is 0.287. The third-order valence-corrected chi connectivity index (χ3v) is 9.08. The van der Waals surface area contributed by atoms with Gasteiger partial charge >= 0.3 is 7.60 Å². The fraction of sp³-hybridized carbons (Fsp3) is 0.100. The lowest BCUT2D eigenvalue weighted by Gasteiger charge is -2.20. The molecule has 0 saturated heterocycles. The topological polar surface area (TPSA) is 128 Å². The molecule has 0 unspecified atom stereocenters. The maximum atomic E-state index is 13.1. The van der Waals surface area contributed by atoms with E-state index >= 15 is 0 Å². The number of sulfonamides is 2. The molecule has 0 aliphatic heterocycles. The van der Waals surface area contributed by atoms with Gasteiger partial charge in [-0.25, -0.2) is 16.8 Å². The molecule has 3 aromatic rings. The molecule has 0 bridgehead atoms. The number of anilines is 2. The predicted octanol–water partition coefficient (Wildman–Crippen LogP) is 3.40. The molecule has 170 valence electrons. The summed E-state index contributed by atoms with van der Waals surface area (Å²) in [5.74, 6) is 0. The lowest BCUT2D eigenvalue weighted by Crippen LogP contribution is -2.21. The van der Waals surface area contributed by atoms with Gasteiger partial charge in [0, 0.05) is 19.9 Å². The van der Waals surface area contributed by atoms with Crippen LogP contribution in [0.25, 0.3) is 0 Å². The molecule has 9 nitrogen and oxygen atoms in total. The summed E-state index contributed by atoms with van der Waals surface area (Å²) in [4.78, 5) is 0.0153. The monoisotopic (exact) mass is 496 g/mol. The van der Waals surface area contributed by atoms with Gasteiger partial charge in [0.1, 0.15) is 0 Å². The molecular formula is C20H21N2O7PS2. The number of nitrogens with one attached hydrogen (secondary N) is 2. The summed E-state index contributed by atoms with van der Waals surface area (Å²) >= 11 is 0. The van der Waals surface area contributed by atoms with Crippen LogP contribution >= 0.6 is 7.60 Å². The van der Waals surface area contributed by atoms with E-state index in [9.17, 15) is 21.4 Å². The molecule has 0 fully saturated rings. The highest BCUT2D eigenvalue weighted by molar-refractivity contribution is 7.93. The van der Waals surface area contributed by atoms with Gasteiger partial charge < -0.3 is 9.05 Å². The Labute approximate surface area is 187 Å². The maximum absolute atomic E-state index is 13.1. The summed E-state index contributed by atoms with van der Waals surface area (Å²) in [5, 5.41) is -0.157. The SMILES string of the molecule is COP(=O)(OC)c1cc(NS(=O)(=O)c2ccccc2)ccc1NS(=O)(=O)c1ccccc1. The molecule has 3 rings (SSSR count). The molecule has 2 N–H and O–H groups in total. The fourth-order valence-electron chi connectivity index (χ4n) is 2.80. The molecular weight excluding hydrogens is 475 g/mol. The summed E-state index contributed by atoms with van der Waals surface area (Å²) in [6.45, 7) is 0. The van der Waals surface area contributed by atoms with E-state index in [2.05, 4.69) is 9.44 Å². The number of rotatable bonds is 9. The largest absolute Gasteiger partial charge is 0.362 e. The van der Waals surface area contributed by atoms with E-state index in [1.165, 1.54) is 42.5 Å². The molecule has 0 spiro atoms. The van der Waals surface area contributed by atoms with E-state index in [4.69, 9.17) is 9.05 Å². The van der Waals surface area contributed by atoms with Gasteiger partial charge in [0.2, 0.25) is 0 Å². The van der Waals surface area contributed by atoms with Crippen molar-refractivity contribution in [2.75, 3.05) is 23.7 Å².